The maximum absolute atomic E-state index is 12.2. The first-order valence-corrected chi connectivity index (χ1v) is 10.8. The number of aromatic nitrogens is 4. The predicted octanol–water partition coefficient (Wildman–Crippen LogP) is 4.92. The summed E-state index contributed by atoms with van der Waals surface area (Å²) in [6.07, 6.45) is 5.04. The average molecular weight is 435 g/mol. The van der Waals surface area contributed by atoms with Crippen LogP contribution in [0.15, 0.2) is 64.6 Å². The van der Waals surface area contributed by atoms with Crippen LogP contribution in [-0.2, 0) is 22.7 Å². The number of rotatable bonds is 8. The third-order valence-electron chi connectivity index (χ3n) is 4.47. The quantitative estimate of drug-likeness (QED) is 0.289. The van der Waals surface area contributed by atoms with Gasteiger partial charge in [-0.05, 0) is 23.1 Å². The summed E-state index contributed by atoms with van der Waals surface area (Å²) in [4.78, 5) is 17.4. The summed E-state index contributed by atoms with van der Waals surface area (Å²) in [7, 11) is 0. The molecule has 0 fully saturated rings. The Bertz CT molecular complexity index is 1160. The second-order valence-corrected chi connectivity index (χ2v) is 8.18. The summed E-state index contributed by atoms with van der Waals surface area (Å²) in [5.41, 5.74) is 2.82. The molecule has 0 amide bonds. The van der Waals surface area contributed by atoms with Crippen LogP contribution in [0.2, 0.25) is 0 Å². The van der Waals surface area contributed by atoms with E-state index in [0.29, 0.717) is 12.4 Å². The van der Waals surface area contributed by atoms with Gasteiger partial charge in [0.15, 0.2) is 12.4 Å². The van der Waals surface area contributed by atoms with E-state index in [0.717, 1.165) is 21.7 Å². The van der Waals surface area contributed by atoms with E-state index in [1.54, 1.807) is 17.4 Å². The zero-order valence-electron chi connectivity index (χ0n) is 17.3. The predicted molar refractivity (Wildman–Crippen MR) is 118 cm³/mol. The van der Waals surface area contributed by atoms with Crippen molar-refractivity contribution in [2.45, 2.75) is 32.9 Å². The molecule has 4 aromatic rings. The zero-order chi connectivity index (χ0) is 21.6. The lowest BCUT2D eigenvalue weighted by Gasteiger charge is -2.00. The molecule has 7 nitrogen and oxygen atoms in total. The van der Waals surface area contributed by atoms with Crippen LogP contribution < -0.4 is 0 Å². The largest absolute Gasteiger partial charge is 0.452 e. The third-order valence-corrected chi connectivity index (χ3v) is 5.35. The molecule has 0 aliphatic rings. The number of carbonyl (C=O) groups is 1. The van der Waals surface area contributed by atoms with Gasteiger partial charge in [-0.25, -0.2) is 4.79 Å². The van der Waals surface area contributed by atoms with E-state index in [-0.39, 0.29) is 18.4 Å². The zero-order valence-corrected chi connectivity index (χ0v) is 18.1. The number of carbonyl (C=O) groups excluding carboxylic acids is 1. The number of hydrogen-bond acceptors (Lipinski definition) is 7. The van der Waals surface area contributed by atoms with E-state index in [4.69, 9.17) is 14.4 Å². The summed E-state index contributed by atoms with van der Waals surface area (Å²) < 4.78 is 12.2. The Hall–Kier alpha value is -3.52. The van der Waals surface area contributed by atoms with Gasteiger partial charge >= 0.3 is 5.97 Å². The highest BCUT2D eigenvalue weighted by Gasteiger charge is 2.13. The number of benzene rings is 1. The molecule has 0 spiro atoms. The second kappa shape index (κ2) is 9.53. The van der Waals surface area contributed by atoms with E-state index in [1.807, 2.05) is 60.4 Å². The van der Waals surface area contributed by atoms with Gasteiger partial charge in [0.05, 0.1) is 11.4 Å². The molecule has 158 valence electrons. The van der Waals surface area contributed by atoms with Gasteiger partial charge in [-0.3, -0.25) is 4.68 Å². The second-order valence-electron chi connectivity index (χ2n) is 7.24. The highest BCUT2D eigenvalue weighted by Crippen LogP contribution is 2.28. The normalized spacial score (nSPS) is 11.5. The highest BCUT2D eigenvalue weighted by atomic mass is 32.1. The molecule has 0 bridgehead atoms. The van der Waals surface area contributed by atoms with Crippen molar-refractivity contribution in [2.75, 3.05) is 0 Å². The molecule has 0 N–H and O–H groups in total. The summed E-state index contributed by atoms with van der Waals surface area (Å²) in [5, 5.41) is 10.6. The fraction of sp³-hybridized carbons (Fsp3) is 0.217. The van der Waals surface area contributed by atoms with Crippen LogP contribution in [0.4, 0.5) is 0 Å². The summed E-state index contributed by atoms with van der Waals surface area (Å²) in [6.45, 7) is 4.51. The molecule has 0 radical (unpaired) electrons. The molecule has 0 unspecified atom stereocenters. The van der Waals surface area contributed by atoms with Crippen LogP contribution in [0.25, 0.3) is 16.6 Å². The Kier molecular flexibility index (Phi) is 6.37. The van der Waals surface area contributed by atoms with Crippen LogP contribution in [0.3, 0.4) is 0 Å². The fourth-order valence-electron chi connectivity index (χ4n) is 2.92. The van der Waals surface area contributed by atoms with Crippen molar-refractivity contribution in [2.24, 2.45) is 0 Å². The lowest BCUT2D eigenvalue weighted by atomic mass is 10.2. The minimum absolute atomic E-state index is 0.0616. The summed E-state index contributed by atoms with van der Waals surface area (Å²) in [6, 6.07) is 14.1. The molecule has 4 rings (SSSR count). The van der Waals surface area contributed by atoms with Crippen molar-refractivity contribution in [1.82, 2.24) is 19.9 Å². The van der Waals surface area contributed by atoms with Gasteiger partial charge in [0, 0.05) is 23.8 Å². The average Bonchev–Trinajstić information content (AvgIpc) is 3.52. The fourth-order valence-corrected chi connectivity index (χ4v) is 3.65. The van der Waals surface area contributed by atoms with Crippen molar-refractivity contribution < 1.29 is 14.1 Å². The van der Waals surface area contributed by atoms with Crippen LogP contribution in [0, 0.1) is 0 Å². The van der Waals surface area contributed by atoms with E-state index < -0.39 is 5.97 Å². The number of esters is 1. The molecule has 0 saturated heterocycles. The van der Waals surface area contributed by atoms with Crippen molar-refractivity contribution in [3.8, 4) is 10.6 Å². The minimum atomic E-state index is -0.489. The Labute approximate surface area is 184 Å². The summed E-state index contributed by atoms with van der Waals surface area (Å²) in [5.74, 6) is 0.529. The number of nitrogens with zero attached hydrogens (tertiary/aromatic N) is 4. The van der Waals surface area contributed by atoms with Gasteiger partial charge < -0.3 is 9.26 Å². The standard InChI is InChI=1S/C23H22N4O3S/c1-16(2)23-24-20(30-26-23)15-29-21(28)11-10-18-14-27(13-17-7-4-3-5-8-17)25-22(18)19-9-6-12-31-19/h3-12,14,16H,13,15H2,1-2H3/b11-10+. The molecule has 8 heteroatoms. The van der Waals surface area contributed by atoms with Crippen LogP contribution in [0.5, 0.6) is 0 Å². The molecule has 3 aromatic heterocycles. The monoisotopic (exact) mass is 434 g/mol. The molecule has 0 aliphatic heterocycles. The minimum Gasteiger partial charge on any atom is -0.452 e. The first-order valence-electron chi connectivity index (χ1n) is 9.91. The van der Waals surface area contributed by atoms with Gasteiger partial charge in [0.2, 0.25) is 0 Å². The highest BCUT2D eigenvalue weighted by molar-refractivity contribution is 7.13. The molecule has 3 heterocycles. The van der Waals surface area contributed by atoms with Crippen LogP contribution >= 0.6 is 11.3 Å². The van der Waals surface area contributed by atoms with E-state index >= 15 is 0 Å². The lowest BCUT2D eigenvalue weighted by Crippen LogP contribution is -2.01. The van der Waals surface area contributed by atoms with Gasteiger partial charge in [-0.1, -0.05) is 55.4 Å². The topological polar surface area (TPSA) is 83.0 Å². The SMILES string of the molecule is CC(C)c1noc(COC(=O)/C=C/c2cn(Cc3ccccc3)nc2-c2cccs2)n1. The van der Waals surface area contributed by atoms with Gasteiger partial charge in [-0.15, -0.1) is 11.3 Å². The van der Waals surface area contributed by atoms with Crippen molar-refractivity contribution in [3.63, 3.8) is 0 Å². The van der Waals surface area contributed by atoms with E-state index in [9.17, 15) is 4.79 Å². The maximum Gasteiger partial charge on any atom is 0.331 e. The maximum atomic E-state index is 12.2. The van der Waals surface area contributed by atoms with Crippen molar-refractivity contribution in [3.05, 3.63) is 83.0 Å². The molecule has 0 aliphatic carbocycles. The lowest BCUT2D eigenvalue weighted by molar-refractivity contribution is -0.139. The number of thiophene rings is 1. The first kappa shape index (κ1) is 20.7. The van der Waals surface area contributed by atoms with E-state index in [1.165, 1.54) is 6.08 Å². The van der Waals surface area contributed by atoms with Gasteiger partial charge in [-0.2, -0.15) is 10.1 Å². The third kappa shape index (κ3) is 5.35. The van der Waals surface area contributed by atoms with Crippen molar-refractivity contribution in [1.29, 1.82) is 0 Å². The smallest absolute Gasteiger partial charge is 0.331 e. The molecule has 1 aromatic carbocycles. The van der Waals surface area contributed by atoms with Gasteiger partial charge in [0.1, 0.15) is 5.69 Å². The Morgan fingerprint density at radius 3 is 2.77 bits per heavy atom. The van der Waals surface area contributed by atoms with E-state index in [2.05, 4.69) is 22.3 Å². The van der Waals surface area contributed by atoms with Crippen LogP contribution in [-0.4, -0.2) is 25.9 Å². The van der Waals surface area contributed by atoms with Crippen molar-refractivity contribution >= 4 is 23.4 Å². The Morgan fingerprint density at radius 1 is 1.23 bits per heavy atom. The Balaban J connectivity index is 1.46. The Morgan fingerprint density at radius 2 is 2.06 bits per heavy atom. The molecule has 0 atom stereocenters. The summed E-state index contributed by atoms with van der Waals surface area (Å²) >= 11 is 1.60. The van der Waals surface area contributed by atoms with Gasteiger partial charge in [0.25, 0.3) is 5.89 Å². The molecule has 31 heavy (non-hydrogen) atoms. The first-order chi connectivity index (χ1) is 15.1. The number of hydrogen-bond donors (Lipinski definition) is 0. The molecule has 0 saturated carbocycles. The molecular formula is C23H22N4O3S. The number of ether oxygens (including phenoxy) is 1. The van der Waals surface area contributed by atoms with Crippen LogP contribution in [0.1, 0.15) is 42.6 Å². The molecular weight excluding hydrogens is 412 g/mol.